The van der Waals surface area contributed by atoms with Crippen molar-refractivity contribution in [2.75, 3.05) is 6.54 Å². The minimum absolute atomic E-state index is 0.204. The number of rotatable bonds is 5. The molecule has 1 amide bonds. The molecule has 2 rings (SSSR count). The molecular weight excluding hydrogens is 341 g/mol. The molecule has 0 aliphatic heterocycles. The van der Waals surface area contributed by atoms with E-state index in [9.17, 15) is 27.9 Å². The van der Waals surface area contributed by atoms with Crippen LogP contribution in [0.5, 0.6) is 0 Å². The maximum atomic E-state index is 12.5. The molecule has 0 saturated heterocycles. The number of hydrogen-bond acceptors (Lipinski definition) is 4. The lowest BCUT2D eigenvalue weighted by Crippen LogP contribution is -2.35. The highest BCUT2D eigenvalue weighted by Gasteiger charge is 2.30. The Kier molecular flexibility index (Phi) is 5.31. The average Bonchev–Trinajstić information content (AvgIpc) is 2.79. The molecule has 1 atom stereocenters. The number of nitrogens with zero attached hydrogens (tertiary/aromatic N) is 3. The summed E-state index contributed by atoms with van der Waals surface area (Å²) < 4.78 is 39.7. The highest BCUT2D eigenvalue weighted by Crippen LogP contribution is 2.29. The molecule has 0 aliphatic rings. The van der Waals surface area contributed by atoms with Gasteiger partial charge in [0.1, 0.15) is 12.4 Å². The number of amides is 1. The van der Waals surface area contributed by atoms with E-state index < -0.39 is 29.4 Å². The summed E-state index contributed by atoms with van der Waals surface area (Å²) in [4.78, 5) is 23.6. The van der Waals surface area contributed by atoms with E-state index in [1.54, 1.807) is 6.92 Å². The summed E-state index contributed by atoms with van der Waals surface area (Å²) in [5.74, 6) is -0.103. The van der Waals surface area contributed by atoms with E-state index in [-0.39, 0.29) is 18.7 Å². The molecule has 2 N–H and O–H groups in total. The molecule has 0 spiro atoms. The van der Waals surface area contributed by atoms with Crippen LogP contribution in [0.1, 0.15) is 23.1 Å². The Balaban J connectivity index is 1.93. The molecule has 1 heterocycles. The van der Waals surface area contributed by atoms with Crippen molar-refractivity contribution in [3.63, 3.8) is 0 Å². The molecule has 1 unspecified atom stereocenters. The Morgan fingerprint density at radius 3 is 2.40 bits per heavy atom. The molecule has 25 heavy (non-hydrogen) atoms. The smallest absolute Gasteiger partial charge is 0.387 e. The van der Waals surface area contributed by atoms with Gasteiger partial charge in [0.15, 0.2) is 0 Å². The summed E-state index contributed by atoms with van der Waals surface area (Å²) in [7, 11) is 1.52. The van der Waals surface area contributed by atoms with Crippen LogP contribution in [0.25, 0.3) is 0 Å². The first kappa shape index (κ1) is 18.7. The third-order valence-corrected chi connectivity index (χ3v) is 3.67. The molecule has 0 fully saturated rings. The first-order valence-electron chi connectivity index (χ1n) is 7.32. The molecule has 10 heteroatoms. The molecule has 0 radical (unpaired) electrons. The summed E-state index contributed by atoms with van der Waals surface area (Å²) in [6.07, 6.45) is -5.63. The van der Waals surface area contributed by atoms with Gasteiger partial charge in [0.2, 0.25) is 5.91 Å². The first-order chi connectivity index (χ1) is 11.6. The van der Waals surface area contributed by atoms with Crippen molar-refractivity contribution < 1.29 is 23.1 Å². The van der Waals surface area contributed by atoms with Gasteiger partial charge in [-0.1, -0.05) is 12.1 Å². The zero-order valence-electron chi connectivity index (χ0n) is 13.5. The molecule has 7 nitrogen and oxygen atoms in total. The van der Waals surface area contributed by atoms with Crippen LogP contribution in [0.2, 0.25) is 0 Å². The Morgan fingerprint density at radius 1 is 1.32 bits per heavy atom. The fourth-order valence-corrected chi connectivity index (χ4v) is 2.11. The van der Waals surface area contributed by atoms with Gasteiger partial charge >= 0.3 is 11.9 Å². The number of aromatic nitrogens is 3. The number of hydrogen-bond donors (Lipinski definition) is 2. The van der Waals surface area contributed by atoms with Gasteiger partial charge in [-0.3, -0.25) is 9.36 Å². The van der Waals surface area contributed by atoms with E-state index in [2.05, 4.69) is 10.4 Å². The fourth-order valence-electron chi connectivity index (χ4n) is 2.11. The summed E-state index contributed by atoms with van der Waals surface area (Å²) in [5.41, 5.74) is -1.03. The molecule has 1 aromatic carbocycles. The van der Waals surface area contributed by atoms with Crippen LogP contribution in [0.4, 0.5) is 13.2 Å². The minimum Gasteiger partial charge on any atom is -0.387 e. The van der Waals surface area contributed by atoms with Crippen molar-refractivity contribution in [2.45, 2.75) is 25.7 Å². The molecular formula is C15H17F3N4O3. The number of carbonyl (C=O) groups is 1. The lowest BCUT2D eigenvalue weighted by molar-refractivity contribution is -0.137. The zero-order chi connectivity index (χ0) is 18.8. The zero-order valence-corrected chi connectivity index (χ0v) is 13.5. The number of aryl methyl sites for hydroxylation is 1. The van der Waals surface area contributed by atoms with E-state index in [0.29, 0.717) is 5.82 Å². The third kappa shape index (κ3) is 4.47. The monoisotopic (exact) mass is 358 g/mol. The van der Waals surface area contributed by atoms with Crippen molar-refractivity contribution >= 4 is 5.91 Å². The van der Waals surface area contributed by atoms with Gasteiger partial charge in [-0.25, -0.2) is 9.48 Å². The average molecular weight is 358 g/mol. The predicted octanol–water partition coefficient (Wildman–Crippen LogP) is 0.759. The largest absolute Gasteiger partial charge is 0.416 e. The summed E-state index contributed by atoms with van der Waals surface area (Å²) in [6, 6.07) is 4.01. The third-order valence-electron chi connectivity index (χ3n) is 3.67. The van der Waals surface area contributed by atoms with E-state index >= 15 is 0 Å². The van der Waals surface area contributed by atoms with E-state index in [4.69, 9.17) is 0 Å². The molecule has 0 saturated carbocycles. The van der Waals surface area contributed by atoms with Crippen molar-refractivity contribution in [3.8, 4) is 0 Å². The van der Waals surface area contributed by atoms with Crippen LogP contribution in [-0.2, 0) is 24.6 Å². The molecule has 1 aromatic heterocycles. The number of aliphatic hydroxyl groups excluding tert-OH is 1. The normalized spacial score (nSPS) is 12.9. The topological polar surface area (TPSA) is 89.2 Å². The second-order valence-corrected chi connectivity index (χ2v) is 5.49. The number of carbonyl (C=O) groups excluding carboxylic acids is 1. The van der Waals surface area contributed by atoms with Crippen molar-refractivity contribution in [2.24, 2.45) is 7.05 Å². The Bertz CT molecular complexity index is 809. The Labute approximate surface area is 140 Å². The number of alkyl halides is 3. The van der Waals surface area contributed by atoms with Crippen molar-refractivity contribution in [1.29, 1.82) is 0 Å². The van der Waals surface area contributed by atoms with Crippen LogP contribution in [0, 0.1) is 6.92 Å². The van der Waals surface area contributed by atoms with Crippen LogP contribution in [-0.4, -0.2) is 31.9 Å². The molecule has 2 aromatic rings. The number of aliphatic hydroxyl groups is 1. The van der Waals surface area contributed by atoms with Gasteiger partial charge in [0.05, 0.1) is 11.7 Å². The van der Waals surface area contributed by atoms with E-state index in [1.807, 2.05) is 0 Å². The maximum Gasteiger partial charge on any atom is 0.416 e. The van der Waals surface area contributed by atoms with Gasteiger partial charge in [0.25, 0.3) is 0 Å². The van der Waals surface area contributed by atoms with Gasteiger partial charge in [0, 0.05) is 13.6 Å². The predicted molar refractivity (Wildman–Crippen MR) is 81.6 cm³/mol. The second-order valence-electron chi connectivity index (χ2n) is 5.49. The molecule has 0 aliphatic carbocycles. The quantitative estimate of drug-likeness (QED) is 0.826. The summed E-state index contributed by atoms with van der Waals surface area (Å²) in [5, 5.41) is 16.3. The molecule has 0 bridgehead atoms. The second kappa shape index (κ2) is 7.09. The SMILES string of the molecule is Cc1nn(CC(=O)NCC(O)c2ccc(C(F)(F)F)cc2)c(=O)n1C. The minimum atomic E-state index is -4.45. The Hall–Kier alpha value is -2.62. The van der Waals surface area contributed by atoms with Crippen LogP contribution in [0.15, 0.2) is 29.1 Å². The highest BCUT2D eigenvalue weighted by molar-refractivity contribution is 5.75. The standard InChI is InChI=1S/C15H17F3N4O3/c1-9-20-22(14(25)21(9)2)8-13(24)19-7-12(23)10-3-5-11(6-4-10)15(16,17)18/h3-6,12,23H,7-8H2,1-2H3,(H,19,24). The van der Waals surface area contributed by atoms with Crippen LogP contribution >= 0.6 is 0 Å². The Morgan fingerprint density at radius 2 is 1.92 bits per heavy atom. The van der Waals surface area contributed by atoms with Gasteiger partial charge in [-0.2, -0.15) is 18.3 Å². The number of halogens is 3. The van der Waals surface area contributed by atoms with Crippen LogP contribution < -0.4 is 11.0 Å². The first-order valence-corrected chi connectivity index (χ1v) is 7.32. The van der Waals surface area contributed by atoms with Crippen molar-refractivity contribution in [3.05, 3.63) is 51.7 Å². The summed E-state index contributed by atoms with van der Waals surface area (Å²) >= 11 is 0. The van der Waals surface area contributed by atoms with Gasteiger partial charge in [-0.15, -0.1) is 0 Å². The maximum absolute atomic E-state index is 12.5. The lowest BCUT2D eigenvalue weighted by Gasteiger charge is -2.13. The molecule has 136 valence electrons. The summed E-state index contributed by atoms with van der Waals surface area (Å²) in [6.45, 7) is 1.09. The highest BCUT2D eigenvalue weighted by atomic mass is 19.4. The van der Waals surface area contributed by atoms with Gasteiger partial charge in [-0.05, 0) is 24.6 Å². The number of benzene rings is 1. The number of nitrogens with one attached hydrogen (secondary N) is 1. The van der Waals surface area contributed by atoms with E-state index in [1.165, 1.54) is 11.6 Å². The van der Waals surface area contributed by atoms with Crippen molar-refractivity contribution in [1.82, 2.24) is 19.7 Å². The van der Waals surface area contributed by atoms with Crippen LogP contribution in [0.3, 0.4) is 0 Å². The van der Waals surface area contributed by atoms with E-state index in [0.717, 1.165) is 28.9 Å². The fraction of sp³-hybridized carbons (Fsp3) is 0.400. The lowest BCUT2D eigenvalue weighted by atomic mass is 10.1. The van der Waals surface area contributed by atoms with Gasteiger partial charge < -0.3 is 10.4 Å².